The lowest BCUT2D eigenvalue weighted by Crippen LogP contribution is -2.30. The molecule has 0 saturated heterocycles. The molecule has 110 valence electrons. The SMILES string of the molecule is CCCOc1cncc(C(NN)C2C3CCCCC32)c1. The van der Waals surface area contributed by atoms with E-state index in [1.165, 1.54) is 31.2 Å². The lowest BCUT2D eigenvalue weighted by molar-refractivity contribution is 0.315. The van der Waals surface area contributed by atoms with Crippen LogP contribution in [-0.2, 0) is 0 Å². The Labute approximate surface area is 121 Å². The Kier molecular flexibility index (Phi) is 4.22. The Morgan fingerprint density at radius 3 is 2.75 bits per heavy atom. The fraction of sp³-hybridized carbons (Fsp3) is 0.688. The van der Waals surface area contributed by atoms with E-state index in [-0.39, 0.29) is 6.04 Å². The van der Waals surface area contributed by atoms with Crippen LogP contribution in [0.1, 0.15) is 50.6 Å². The van der Waals surface area contributed by atoms with Crippen LogP contribution in [0.15, 0.2) is 18.5 Å². The van der Waals surface area contributed by atoms with Crippen molar-refractivity contribution in [2.45, 2.75) is 45.1 Å². The van der Waals surface area contributed by atoms with Crippen molar-refractivity contribution in [2.75, 3.05) is 6.61 Å². The molecule has 2 fully saturated rings. The number of ether oxygens (including phenoxy) is 1. The van der Waals surface area contributed by atoms with Gasteiger partial charge in [-0.1, -0.05) is 19.8 Å². The lowest BCUT2D eigenvalue weighted by Gasteiger charge is -2.17. The van der Waals surface area contributed by atoms with Crippen molar-refractivity contribution in [1.82, 2.24) is 10.4 Å². The van der Waals surface area contributed by atoms with E-state index in [0.29, 0.717) is 5.92 Å². The first-order valence-corrected chi connectivity index (χ1v) is 7.89. The van der Waals surface area contributed by atoms with Gasteiger partial charge in [0.1, 0.15) is 5.75 Å². The van der Waals surface area contributed by atoms with Crippen LogP contribution in [0, 0.1) is 17.8 Å². The maximum atomic E-state index is 5.83. The average Bonchev–Trinajstić information content (AvgIpc) is 3.21. The molecule has 20 heavy (non-hydrogen) atoms. The van der Waals surface area contributed by atoms with Gasteiger partial charge in [-0.05, 0) is 48.6 Å². The molecule has 2 saturated carbocycles. The van der Waals surface area contributed by atoms with Crippen LogP contribution in [0.5, 0.6) is 5.75 Å². The van der Waals surface area contributed by atoms with Gasteiger partial charge in [0.05, 0.1) is 18.8 Å². The summed E-state index contributed by atoms with van der Waals surface area (Å²) in [6, 6.07) is 2.32. The van der Waals surface area contributed by atoms with Crippen molar-refractivity contribution in [3.05, 3.63) is 24.0 Å². The number of hydrogen-bond acceptors (Lipinski definition) is 4. The number of fused-ring (bicyclic) bond motifs is 1. The molecule has 0 bridgehead atoms. The zero-order valence-electron chi connectivity index (χ0n) is 12.2. The fourth-order valence-electron chi connectivity index (χ4n) is 3.88. The topological polar surface area (TPSA) is 60.2 Å². The summed E-state index contributed by atoms with van der Waals surface area (Å²) in [4.78, 5) is 4.31. The normalized spacial score (nSPS) is 29.6. The third kappa shape index (κ3) is 2.67. The highest BCUT2D eigenvalue weighted by atomic mass is 16.5. The molecule has 3 unspecified atom stereocenters. The number of hydrazine groups is 1. The van der Waals surface area contributed by atoms with Crippen molar-refractivity contribution in [1.29, 1.82) is 0 Å². The number of nitrogens with one attached hydrogen (secondary N) is 1. The van der Waals surface area contributed by atoms with Crippen LogP contribution in [0.2, 0.25) is 0 Å². The summed E-state index contributed by atoms with van der Waals surface area (Å²) in [5.74, 6) is 9.10. The molecule has 4 heteroatoms. The number of nitrogens with two attached hydrogens (primary N) is 1. The molecule has 0 radical (unpaired) electrons. The first kappa shape index (κ1) is 13.8. The van der Waals surface area contributed by atoms with E-state index < -0.39 is 0 Å². The van der Waals surface area contributed by atoms with Crippen LogP contribution in [0.4, 0.5) is 0 Å². The second kappa shape index (κ2) is 6.10. The van der Waals surface area contributed by atoms with Gasteiger partial charge in [-0.25, -0.2) is 0 Å². The second-order valence-electron chi connectivity index (χ2n) is 6.14. The minimum atomic E-state index is 0.223. The van der Waals surface area contributed by atoms with E-state index in [4.69, 9.17) is 10.6 Å². The summed E-state index contributed by atoms with van der Waals surface area (Å²) in [5, 5.41) is 0. The maximum absolute atomic E-state index is 5.83. The van der Waals surface area contributed by atoms with E-state index >= 15 is 0 Å². The van der Waals surface area contributed by atoms with Gasteiger partial charge in [-0.2, -0.15) is 0 Å². The van der Waals surface area contributed by atoms with E-state index in [1.54, 1.807) is 6.20 Å². The van der Waals surface area contributed by atoms with Crippen LogP contribution < -0.4 is 16.0 Å². The molecular weight excluding hydrogens is 250 g/mol. The largest absolute Gasteiger partial charge is 0.492 e. The fourth-order valence-corrected chi connectivity index (χ4v) is 3.88. The standard InChI is InChI=1S/C16H25N3O/c1-2-7-20-12-8-11(9-18-10-12)16(19-17)15-13-5-3-4-6-14(13)15/h8-10,13-16,19H,2-7,17H2,1H3. The molecule has 3 N–H and O–H groups in total. The van der Waals surface area contributed by atoms with Gasteiger partial charge in [-0.3, -0.25) is 16.3 Å². The summed E-state index contributed by atoms with van der Waals surface area (Å²) >= 11 is 0. The van der Waals surface area contributed by atoms with Crippen LogP contribution in [-0.4, -0.2) is 11.6 Å². The number of pyridine rings is 1. The molecule has 1 aromatic heterocycles. The predicted molar refractivity (Wildman–Crippen MR) is 79.0 cm³/mol. The van der Waals surface area contributed by atoms with E-state index in [2.05, 4.69) is 23.4 Å². The molecule has 3 rings (SSSR count). The third-order valence-corrected chi connectivity index (χ3v) is 4.85. The highest BCUT2D eigenvalue weighted by Crippen LogP contribution is 2.60. The van der Waals surface area contributed by atoms with Gasteiger partial charge >= 0.3 is 0 Å². The van der Waals surface area contributed by atoms with Crippen molar-refractivity contribution >= 4 is 0 Å². The smallest absolute Gasteiger partial charge is 0.137 e. The monoisotopic (exact) mass is 275 g/mol. The summed E-state index contributed by atoms with van der Waals surface area (Å²) in [6.07, 6.45) is 10.2. The second-order valence-corrected chi connectivity index (χ2v) is 6.14. The molecule has 0 aromatic carbocycles. The summed E-state index contributed by atoms with van der Waals surface area (Å²) in [6.45, 7) is 2.84. The first-order valence-electron chi connectivity index (χ1n) is 7.89. The highest BCUT2D eigenvalue weighted by molar-refractivity contribution is 5.28. The van der Waals surface area contributed by atoms with Gasteiger partial charge in [0, 0.05) is 6.20 Å². The molecular formula is C16H25N3O. The van der Waals surface area contributed by atoms with Crippen molar-refractivity contribution < 1.29 is 4.74 Å². The third-order valence-electron chi connectivity index (χ3n) is 4.85. The molecule has 1 aromatic rings. The van der Waals surface area contributed by atoms with Crippen molar-refractivity contribution in [3.63, 3.8) is 0 Å². The van der Waals surface area contributed by atoms with Crippen LogP contribution in [0.3, 0.4) is 0 Å². The molecule has 1 heterocycles. The highest BCUT2D eigenvalue weighted by Gasteiger charge is 2.54. The number of rotatable bonds is 6. The van der Waals surface area contributed by atoms with Crippen LogP contribution in [0.25, 0.3) is 0 Å². The average molecular weight is 275 g/mol. The zero-order chi connectivity index (χ0) is 13.9. The Bertz CT molecular complexity index is 439. The van der Waals surface area contributed by atoms with Gasteiger partial charge in [0.25, 0.3) is 0 Å². The minimum Gasteiger partial charge on any atom is -0.492 e. The zero-order valence-corrected chi connectivity index (χ0v) is 12.2. The summed E-state index contributed by atoms with van der Waals surface area (Å²) < 4.78 is 5.68. The Morgan fingerprint density at radius 1 is 1.35 bits per heavy atom. The molecule has 0 amide bonds. The van der Waals surface area contributed by atoms with E-state index in [0.717, 1.165) is 30.6 Å². The minimum absolute atomic E-state index is 0.223. The molecule has 4 nitrogen and oxygen atoms in total. The number of aromatic nitrogens is 1. The molecule has 2 aliphatic carbocycles. The maximum Gasteiger partial charge on any atom is 0.137 e. The summed E-state index contributed by atoms with van der Waals surface area (Å²) in [7, 11) is 0. The Balaban J connectivity index is 1.72. The first-order chi connectivity index (χ1) is 9.85. The quantitative estimate of drug-likeness (QED) is 0.619. The Hall–Kier alpha value is -1.13. The Morgan fingerprint density at radius 2 is 2.10 bits per heavy atom. The number of hydrogen-bond donors (Lipinski definition) is 2. The van der Waals surface area contributed by atoms with E-state index in [9.17, 15) is 0 Å². The summed E-state index contributed by atoms with van der Waals surface area (Å²) in [5.41, 5.74) is 4.19. The van der Waals surface area contributed by atoms with E-state index in [1.807, 2.05) is 6.20 Å². The van der Waals surface area contributed by atoms with Crippen molar-refractivity contribution in [3.8, 4) is 5.75 Å². The van der Waals surface area contributed by atoms with Gasteiger partial charge in [0.15, 0.2) is 0 Å². The predicted octanol–water partition coefficient (Wildman–Crippen LogP) is 2.81. The molecule has 0 spiro atoms. The van der Waals surface area contributed by atoms with Gasteiger partial charge < -0.3 is 4.74 Å². The molecule has 2 aliphatic rings. The van der Waals surface area contributed by atoms with Gasteiger partial charge in [-0.15, -0.1) is 0 Å². The van der Waals surface area contributed by atoms with Gasteiger partial charge in [0.2, 0.25) is 0 Å². The van der Waals surface area contributed by atoms with Crippen molar-refractivity contribution in [2.24, 2.45) is 23.6 Å². The lowest BCUT2D eigenvalue weighted by atomic mass is 10.0. The molecule has 0 aliphatic heterocycles. The van der Waals surface area contributed by atoms with Crippen LogP contribution >= 0.6 is 0 Å². The number of nitrogens with zero attached hydrogens (tertiary/aromatic N) is 1. The molecule has 3 atom stereocenters.